The summed E-state index contributed by atoms with van der Waals surface area (Å²) in [4.78, 5) is 11.2. The van der Waals surface area contributed by atoms with Crippen molar-refractivity contribution in [1.82, 2.24) is 0 Å². The van der Waals surface area contributed by atoms with E-state index in [2.05, 4.69) is 9.73 Å². The van der Waals surface area contributed by atoms with Crippen molar-refractivity contribution in [3.63, 3.8) is 0 Å². The lowest BCUT2D eigenvalue weighted by molar-refractivity contribution is -0.163. The SMILES string of the molecule is O=C=Nc1ccccc1OC(F)(F)C(Cl)Cl. The first-order valence-corrected chi connectivity index (χ1v) is 4.86. The van der Waals surface area contributed by atoms with E-state index in [-0.39, 0.29) is 11.4 Å². The van der Waals surface area contributed by atoms with Crippen LogP contribution in [0.1, 0.15) is 0 Å². The minimum Gasteiger partial charge on any atom is -0.428 e. The van der Waals surface area contributed by atoms with E-state index in [0.717, 1.165) is 0 Å². The fourth-order valence-electron chi connectivity index (χ4n) is 0.876. The molecular formula is C9H5Cl2F2NO2. The highest BCUT2D eigenvalue weighted by Crippen LogP contribution is 2.35. The van der Waals surface area contributed by atoms with Crippen LogP contribution in [0.5, 0.6) is 5.75 Å². The number of nitrogens with zero attached hydrogens (tertiary/aromatic N) is 1. The van der Waals surface area contributed by atoms with E-state index in [0.29, 0.717) is 0 Å². The zero-order valence-electron chi connectivity index (χ0n) is 7.66. The fraction of sp³-hybridized carbons (Fsp3) is 0.222. The van der Waals surface area contributed by atoms with Crippen molar-refractivity contribution in [3.05, 3.63) is 24.3 Å². The zero-order chi connectivity index (χ0) is 12.2. The quantitative estimate of drug-likeness (QED) is 0.476. The first kappa shape index (κ1) is 12.9. The van der Waals surface area contributed by atoms with Crippen molar-refractivity contribution in [2.24, 2.45) is 4.99 Å². The van der Waals surface area contributed by atoms with Crippen LogP contribution in [0.25, 0.3) is 0 Å². The molecule has 86 valence electrons. The number of ether oxygens (including phenoxy) is 1. The molecule has 16 heavy (non-hydrogen) atoms. The molecule has 0 aromatic heterocycles. The maximum Gasteiger partial charge on any atom is 0.428 e. The van der Waals surface area contributed by atoms with Gasteiger partial charge in [0.25, 0.3) is 0 Å². The molecule has 7 heteroatoms. The Morgan fingerprint density at radius 2 is 2.00 bits per heavy atom. The lowest BCUT2D eigenvalue weighted by atomic mass is 10.3. The number of halogens is 4. The van der Waals surface area contributed by atoms with Gasteiger partial charge in [-0.05, 0) is 12.1 Å². The van der Waals surface area contributed by atoms with Crippen LogP contribution in [0.15, 0.2) is 29.3 Å². The van der Waals surface area contributed by atoms with Gasteiger partial charge in [0, 0.05) is 0 Å². The minimum atomic E-state index is -3.77. The maximum absolute atomic E-state index is 13.0. The van der Waals surface area contributed by atoms with E-state index in [1.165, 1.54) is 30.3 Å². The lowest BCUT2D eigenvalue weighted by Crippen LogP contribution is -2.32. The predicted octanol–water partition coefficient (Wildman–Crippen LogP) is 3.43. The maximum atomic E-state index is 13.0. The van der Waals surface area contributed by atoms with Crippen LogP contribution in [-0.4, -0.2) is 17.0 Å². The summed E-state index contributed by atoms with van der Waals surface area (Å²) in [5.74, 6) is -0.304. The molecule has 1 aromatic carbocycles. The van der Waals surface area contributed by atoms with Gasteiger partial charge >= 0.3 is 6.11 Å². The number of isocyanates is 1. The molecule has 1 aromatic rings. The van der Waals surface area contributed by atoms with Crippen LogP contribution in [-0.2, 0) is 4.79 Å². The van der Waals surface area contributed by atoms with Gasteiger partial charge in [-0.15, -0.1) is 0 Å². The minimum absolute atomic E-state index is 0.0776. The Hall–Kier alpha value is -1.16. The summed E-state index contributed by atoms with van der Waals surface area (Å²) in [5, 5.41) is 0. The molecule has 0 spiro atoms. The summed E-state index contributed by atoms with van der Waals surface area (Å²) in [5.41, 5.74) is -0.0776. The number of carbonyl (C=O) groups excluding carboxylic acids is 1. The number of alkyl halides is 4. The second-order valence-corrected chi connectivity index (χ2v) is 3.73. The van der Waals surface area contributed by atoms with Crippen molar-refractivity contribution in [3.8, 4) is 5.75 Å². The highest BCUT2D eigenvalue weighted by atomic mass is 35.5. The lowest BCUT2D eigenvalue weighted by Gasteiger charge is -2.19. The van der Waals surface area contributed by atoms with Crippen LogP contribution in [0, 0.1) is 0 Å². The van der Waals surface area contributed by atoms with Crippen LogP contribution in [0.2, 0.25) is 0 Å². The fourth-order valence-corrected chi connectivity index (χ4v) is 0.965. The van der Waals surface area contributed by atoms with E-state index in [1.807, 2.05) is 0 Å². The third-order valence-electron chi connectivity index (χ3n) is 1.53. The van der Waals surface area contributed by atoms with Gasteiger partial charge < -0.3 is 4.74 Å². The summed E-state index contributed by atoms with van der Waals surface area (Å²) in [7, 11) is 0. The molecule has 0 aliphatic heterocycles. The molecule has 0 fully saturated rings. The number of hydrogen-bond donors (Lipinski definition) is 0. The van der Waals surface area contributed by atoms with E-state index < -0.39 is 10.9 Å². The topological polar surface area (TPSA) is 38.7 Å². The second-order valence-electron chi connectivity index (χ2n) is 2.64. The van der Waals surface area contributed by atoms with Gasteiger partial charge in [0.05, 0.1) is 0 Å². The van der Waals surface area contributed by atoms with Crippen LogP contribution in [0.3, 0.4) is 0 Å². The summed E-state index contributed by atoms with van der Waals surface area (Å²) in [6, 6.07) is 5.46. The van der Waals surface area contributed by atoms with Gasteiger partial charge in [0.2, 0.25) is 10.9 Å². The summed E-state index contributed by atoms with van der Waals surface area (Å²) in [6.45, 7) is 0. The van der Waals surface area contributed by atoms with Crippen molar-refractivity contribution in [1.29, 1.82) is 0 Å². The van der Waals surface area contributed by atoms with Crippen molar-refractivity contribution < 1.29 is 18.3 Å². The Morgan fingerprint density at radius 1 is 1.38 bits per heavy atom. The van der Waals surface area contributed by atoms with Crippen molar-refractivity contribution >= 4 is 35.0 Å². The monoisotopic (exact) mass is 267 g/mol. The normalized spacial score (nSPS) is 11.1. The Morgan fingerprint density at radius 3 is 2.56 bits per heavy atom. The van der Waals surface area contributed by atoms with Gasteiger partial charge in [-0.25, -0.2) is 4.79 Å². The van der Waals surface area contributed by atoms with E-state index >= 15 is 0 Å². The van der Waals surface area contributed by atoms with E-state index in [9.17, 15) is 13.6 Å². The average molecular weight is 268 g/mol. The summed E-state index contributed by atoms with van der Waals surface area (Å²) in [6.07, 6.45) is -2.54. The number of aliphatic imine (C=N–C) groups is 1. The molecule has 1 rings (SSSR count). The summed E-state index contributed by atoms with van der Waals surface area (Å²) < 4.78 is 30.3. The highest BCUT2D eigenvalue weighted by Gasteiger charge is 2.40. The molecule has 0 saturated carbocycles. The molecule has 0 heterocycles. The molecule has 0 unspecified atom stereocenters. The molecule has 0 saturated heterocycles. The van der Waals surface area contributed by atoms with Gasteiger partial charge in [-0.3, -0.25) is 0 Å². The molecule has 0 radical (unpaired) electrons. The molecule has 0 bridgehead atoms. The number of hydrogen-bond acceptors (Lipinski definition) is 3. The molecule has 0 amide bonds. The largest absolute Gasteiger partial charge is 0.428 e. The highest BCUT2D eigenvalue weighted by molar-refractivity contribution is 6.44. The van der Waals surface area contributed by atoms with Crippen molar-refractivity contribution in [2.45, 2.75) is 10.9 Å². The Kier molecular flexibility index (Phi) is 4.24. The van der Waals surface area contributed by atoms with Crippen LogP contribution >= 0.6 is 23.2 Å². The third-order valence-corrected chi connectivity index (χ3v) is 2.04. The smallest absolute Gasteiger partial charge is 0.428 e. The molecule has 0 aliphatic carbocycles. The van der Waals surface area contributed by atoms with Gasteiger partial charge in [0.15, 0.2) is 5.75 Å². The molecular weight excluding hydrogens is 263 g/mol. The predicted molar refractivity (Wildman–Crippen MR) is 55.3 cm³/mol. The Bertz CT molecular complexity index is 420. The van der Waals surface area contributed by atoms with Crippen LogP contribution in [0.4, 0.5) is 14.5 Å². The number of benzene rings is 1. The molecule has 0 N–H and O–H groups in total. The van der Waals surface area contributed by atoms with Crippen molar-refractivity contribution in [2.75, 3.05) is 0 Å². The zero-order valence-corrected chi connectivity index (χ0v) is 9.17. The third kappa shape index (κ3) is 3.17. The average Bonchev–Trinajstić information content (AvgIpc) is 2.20. The summed E-state index contributed by atoms with van der Waals surface area (Å²) >= 11 is 10.1. The van der Waals surface area contributed by atoms with E-state index in [4.69, 9.17) is 23.2 Å². The molecule has 0 aliphatic rings. The molecule has 3 nitrogen and oxygen atoms in total. The molecule has 0 atom stereocenters. The van der Waals surface area contributed by atoms with Gasteiger partial charge in [-0.2, -0.15) is 13.8 Å². The Labute approximate surface area is 99.6 Å². The second kappa shape index (κ2) is 5.25. The first-order chi connectivity index (χ1) is 7.47. The first-order valence-electron chi connectivity index (χ1n) is 3.99. The van der Waals surface area contributed by atoms with E-state index in [1.54, 1.807) is 0 Å². The van der Waals surface area contributed by atoms with Gasteiger partial charge in [0.1, 0.15) is 5.69 Å². The Balaban J connectivity index is 3.01. The van der Waals surface area contributed by atoms with Gasteiger partial charge in [-0.1, -0.05) is 35.3 Å². The number of rotatable bonds is 4. The standard InChI is InChI=1S/C9H5Cl2F2NO2/c10-8(11)9(12,13)16-7-4-2-1-3-6(7)14-5-15/h1-4,8H. The van der Waals surface area contributed by atoms with Crippen LogP contribution < -0.4 is 4.74 Å². The number of para-hydroxylation sites is 2.